The molecule has 21 heavy (non-hydrogen) atoms. The quantitative estimate of drug-likeness (QED) is 0.843. The summed E-state index contributed by atoms with van der Waals surface area (Å²) in [5, 5.41) is 0. The van der Waals surface area contributed by atoms with E-state index in [9.17, 15) is 26.7 Å². The Kier molecular flexibility index (Phi) is 3.67. The molecule has 0 atom stereocenters. The van der Waals surface area contributed by atoms with Gasteiger partial charge in [-0.3, -0.25) is 4.79 Å². The van der Waals surface area contributed by atoms with E-state index in [1.807, 2.05) is 0 Å². The number of rotatable bonds is 2. The van der Waals surface area contributed by atoms with Gasteiger partial charge in [-0.1, -0.05) is 18.2 Å². The van der Waals surface area contributed by atoms with Crippen LogP contribution in [0, 0.1) is 11.6 Å². The Morgan fingerprint density at radius 3 is 2.19 bits per heavy atom. The number of carbonyl (C=O) groups excluding carboxylic acids is 1. The molecule has 0 heterocycles. The lowest BCUT2D eigenvalue weighted by molar-refractivity contribution is -0.137. The van der Waals surface area contributed by atoms with Crippen molar-refractivity contribution in [2.45, 2.75) is 6.18 Å². The predicted molar refractivity (Wildman–Crippen MR) is 65.3 cm³/mol. The summed E-state index contributed by atoms with van der Waals surface area (Å²) < 4.78 is 66.0. The van der Waals surface area contributed by atoms with Gasteiger partial charge in [-0.15, -0.1) is 0 Å². The molecule has 0 aliphatic heterocycles. The van der Waals surface area contributed by atoms with Gasteiger partial charge < -0.3 is 5.73 Å². The number of hydrogen-bond donors (Lipinski definition) is 1. The van der Waals surface area contributed by atoms with Crippen molar-refractivity contribution in [1.29, 1.82) is 0 Å². The largest absolute Gasteiger partial charge is 0.417 e. The molecule has 0 fully saturated rings. The molecule has 0 saturated heterocycles. The summed E-state index contributed by atoms with van der Waals surface area (Å²) in [5.41, 5.74) is 2.17. The number of alkyl halides is 3. The van der Waals surface area contributed by atoms with Crippen molar-refractivity contribution in [3.8, 4) is 11.1 Å². The minimum absolute atomic E-state index is 0.416. The third kappa shape index (κ3) is 2.86. The summed E-state index contributed by atoms with van der Waals surface area (Å²) in [5.74, 6) is -3.99. The maximum atomic E-state index is 13.8. The van der Waals surface area contributed by atoms with Crippen LogP contribution >= 0.6 is 0 Å². The van der Waals surface area contributed by atoms with Crippen LogP contribution in [0.2, 0.25) is 0 Å². The van der Waals surface area contributed by atoms with E-state index in [-0.39, 0.29) is 0 Å². The van der Waals surface area contributed by atoms with Gasteiger partial charge >= 0.3 is 6.18 Å². The first-order valence-electron chi connectivity index (χ1n) is 5.67. The molecular weight excluding hydrogens is 293 g/mol. The second-order valence-corrected chi connectivity index (χ2v) is 4.23. The van der Waals surface area contributed by atoms with Crippen LogP contribution in [0.5, 0.6) is 0 Å². The number of amides is 1. The fourth-order valence-electron chi connectivity index (χ4n) is 1.89. The number of primary amides is 1. The topological polar surface area (TPSA) is 43.1 Å². The van der Waals surface area contributed by atoms with Crippen molar-refractivity contribution in [3.05, 3.63) is 59.2 Å². The number of nitrogens with two attached hydrogens (primary N) is 1. The van der Waals surface area contributed by atoms with Gasteiger partial charge in [-0.05, 0) is 23.8 Å². The Hall–Kier alpha value is -2.44. The first kappa shape index (κ1) is 15.0. The van der Waals surface area contributed by atoms with Crippen LogP contribution in [0.25, 0.3) is 11.1 Å². The van der Waals surface area contributed by atoms with E-state index in [4.69, 9.17) is 5.73 Å². The summed E-state index contributed by atoms with van der Waals surface area (Å²) in [6.07, 6.45) is -4.75. The molecule has 0 saturated carbocycles. The van der Waals surface area contributed by atoms with E-state index in [1.54, 1.807) is 0 Å². The number of benzene rings is 2. The molecule has 2 aromatic rings. The number of halogens is 5. The van der Waals surface area contributed by atoms with Gasteiger partial charge in [0.1, 0.15) is 0 Å². The SMILES string of the molecule is NC(=O)c1cc(F)c(F)c(-c2ccccc2C(F)(F)F)c1. The van der Waals surface area contributed by atoms with Crippen molar-refractivity contribution in [1.82, 2.24) is 0 Å². The molecule has 2 N–H and O–H groups in total. The summed E-state index contributed by atoms with van der Waals surface area (Å²) in [4.78, 5) is 11.0. The molecule has 2 aromatic carbocycles. The summed E-state index contributed by atoms with van der Waals surface area (Å²) >= 11 is 0. The van der Waals surface area contributed by atoms with Crippen LogP contribution in [-0.2, 0) is 6.18 Å². The van der Waals surface area contributed by atoms with E-state index < -0.39 is 46.0 Å². The zero-order valence-electron chi connectivity index (χ0n) is 10.3. The van der Waals surface area contributed by atoms with Crippen molar-refractivity contribution in [2.75, 3.05) is 0 Å². The third-order valence-electron chi connectivity index (χ3n) is 2.84. The molecule has 0 aliphatic carbocycles. The summed E-state index contributed by atoms with van der Waals surface area (Å²) in [6, 6.07) is 5.44. The van der Waals surface area contributed by atoms with Crippen molar-refractivity contribution in [2.24, 2.45) is 5.73 Å². The fraction of sp³-hybridized carbons (Fsp3) is 0.0714. The van der Waals surface area contributed by atoms with Gasteiger partial charge in [-0.25, -0.2) is 8.78 Å². The normalized spacial score (nSPS) is 11.5. The van der Waals surface area contributed by atoms with Crippen LogP contribution in [0.15, 0.2) is 36.4 Å². The molecule has 1 amide bonds. The highest BCUT2D eigenvalue weighted by atomic mass is 19.4. The Balaban J connectivity index is 2.76. The van der Waals surface area contributed by atoms with Crippen LogP contribution in [0.3, 0.4) is 0 Å². The standard InChI is InChI=1S/C14H8F5NO/c15-11-6-7(13(20)21)5-9(12(11)16)8-3-1-2-4-10(8)14(17,18)19/h1-6H,(H2,20,21). The Morgan fingerprint density at radius 1 is 1.00 bits per heavy atom. The average Bonchev–Trinajstić information content (AvgIpc) is 2.40. The Morgan fingerprint density at radius 2 is 1.62 bits per heavy atom. The molecule has 0 aliphatic rings. The maximum absolute atomic E-state index is 13.8. The first-order valence-corrected chi connectivity index (χ1v) is 5.67. The lowest BCUT2D eigenvalue weighted by Crippen LogP contribution is -2.13. The molecule has 2 nitrogen and oxygen atoms in total. The van der Waals surface area contributed by atoms with E-state index in [0.717, 1.165) is 24.3 Å². The highest BCUT2D eigenvalue weighted by molar-refractivity contribution is 5.94. The lowest BCUT2D eigenvalue weighted by Gasteiger charge is -2.14. The highest BCUT2D eigenvalue weighted by Crippen LogP contribution is 2.38. The summed E-state index contributed by atoms with van der Waals surface area (Å²) in [7, 11) is 0. The average molecular weight is 301 g/mol. The molecule has 0 radical (unpaired) electrons. The van der Waals surface area contributed by atoms with Crippen molar-refractivity contribution >= 4 is 5.91 Å². The van der Waals surface area contributed by atoms with Gasteiger partial charge in [0.15, 0.2) is 11.6 Å². The fourth-order valence-corrected chi connectivity index (χ4v) is 1.89. The maximum Gasteiger partial charge on any atom is 0.417 e. The number of carbonyl (C=O) groups is 1. The molecule has 0 bridgehead atoms. The van der Waals surface area contributed by atoms with E-state index in [1.165, 1.54) is 6.07 Å². The molecule has 110 valence electrons. The molecule has 0 aromatic heterocycles. The van der Waals surface area contributed by atoms with Crippen LogP contribution < -0.4 is 5.73 Å². The molecule has 0 unspecified atom stereocenters. The van der Waals surface area contributed by atoms with Gasteiger partial charge in [0, 0.05) is 11.1 Å². The monoisotopic (exact) mass is 301 g/mol. The molecule has 0 spiro atoms. The van der Waals surface area contributed by atoms with Crippen LogP contribution in [-0.4, -0.2) is 5.91 Å². The van der Waals surface area contributed by atoms with Gasteiger partial charge in [0.05, 0.1) is 5.56 Å². The Bertz CT molecular complexity index is 709. The number of hydrogen-bond acceptors (Lipinski definition) is 1. The van der Waals surface area contributed by atoms with Crippen LogP contribution in [0.1, 0.15) is 15.9 Å². The molecular formula is C14H8F5NO. The van der Waals surface area contributed by atoms with Crippen LogP contribution in [0.4, 0.5) is 22.0 Å². The van der Waals surface area contributed by atoms with E-state index in [0.29, 0.717) is 6.07 Å². The van der Waals surface area contributed by atoms with E-state index >= 15 is 0 Å². The molecule has 2 rings (SSSR count). The first-order chi connectivity index (χ1) is 9.71. The third-order valence-corrected chi connectivity index (χ3v) is 2.84. The van der Waals surface area contributed by atoms with Crippen molar-refractivity contribution in [3.63, 3.8) is 0 Å². The second kappa shape index (κ2) is 5.16. The zero-order chi connectivity index (χ0) is 15.8. The van der Waals surface area contributed by atoms with Gasteiger partial charge in [0.2, 0.25) is 5.91 Å². The Labute approximate surface area is 116 Å². The van der Waals surface area contributed by atoms with Crippen molar-refractivity contribution < 1.29 is 26.7 Å². The predicted octanol–water partition coefficient (Wildman–Crippen LogP) is 3.75. The highest BCUT2D eigenvalue weighted by Gasteiger charge is 2.34. The van der Waals surface area contributed by atoms with Gasteiger partial charge in [0.25, 0.3) is 0 Å². The molecule has 7 heteroatoms. The second-order valence-electron chi connectivity index (χ2n) is 4.23. The minimum Gasteiger partial charge on any atom is -0.366 e. The zero-order valence-corrected chi connectivity index (χ0v) is 10.3. The smallest absolute Gasteiger partial charge is 0.366 e. The summed E-state index contributed by atoms with van der Waals surface area (Å²) in [6.45, 7) is 0. The minimum atomic E-state index is -4.75. The lowest BCUT2D eigenvalue weighted by atomic mass is 9.97. The van der Waals surface area contributed by atoms with Gasteiger partial charge in [-0.2, -0.15) is 13.2 Å². The van der Waals surface area contributed by atoms with E-state index in [2.05, 4.69) is 0 Å².